The zero-order valence-corrected chi connectivity index (χ0v) is 15.4. The van der Waals surface area contributed by atoms with Crippen LogP contribution in [0.5, 0.6) is 0 Å². The second-order valence-electron chi connectivity index (χ2n) is 8.24. The van der Waals surface area contributed by atoms with E-state index in [4.69, 9.17) is 0 Å². The maximum atomic E-state index is 12.5. The third kappa shape index (κ3) is 3.15. The van der Waals surface area contributed by atoms with Gasteiger partial charge in [0.15, 0.2) is 0 Å². The van der Waals surface area contributed by atoms with E-state index < -0.39 is 12.0 Å². The van der Waals surface area contributed by atoms with Crippen LogP contribution in [0.3, 0.4) is 0 Å². The lowest BCUT2D eigenvalue weighted by Gasteiger charge is -2.39. The van der Waals surface area contributed by atoms with Crippen LogP contribution in [0.2, 0.25) is 0 Å². The number of rotatable bonds is 3. The van der Waals surface area contributed by atoms with Crippen molar-refractivity contribution in [3.8, 4) is 0 Å². The Kier molecular flexibility index (Phi) is 4.12. The average molecular weight is 358 g/mol. The van der Waals surface area contributed by atoms with E-state index in [2.05, 4.69) is 14.9 Å². The summed E-state index contributed by atoms with van der Waals surface area (Å²) in [6.07, 6.45) is 4.14. The monoisotopic (exact) mass is 358 g/mol. The number of piperidine rings is 1. The molecule has 26 heavy (non-hydrogen) atoms. The van der Waals surface area contributed by atoms with Gasteiger partial charge in [0.2, 0.25) is 11.9 Å². The topological polar surface area (TPSA) is 86.6 Å². The van der Waals surface area contributed by atoms with Gasteiger partial charge in [-0.05, 0) is 57.4 Å². The Morgan fingerprint density at radius 2 is 1.77 bits per heavy atom. The number of aromatic nitrogens is 2. The predicted molar refractivity (Wildman–Crippen MR) is 95.9 cm³/mol. The molecule has 0 aromatic carbocycles. The lowest BCUT2D eigenvalue weighted by atomic mass is 9.76. The molecule has 1 N–H and O–H groups in total. The number of carbonyl (C=O) groups excluding carboxylic acids is 1. The molecule has 3 heterocycles. The highest BCUT2D eigenvalue weighted by Crippen LogP contribution is 2.45. The van der Waals surface area contributed by atoms with Gasteiger partial charge in [-0.3, -0.25) is 4.79 Å². The van der Waals surface area contributed by atoms with E-state index in [0.717, 1.165) is 56.1 Å². The lowest BCUT2D eigenvalue weighted by molar-refractivity contribution is -0.148. The van der Waals surface area contributed by atoms with E-state index in [-0.39, 0.29) is 17.2 Å². The SMILES string of the molecule is Cc1cc(C)nc(N2CCC3(CC2)CC(C(=O)O)N(C(=O)C2CC2)C3)n1. The second kappa shape index (κ2) is 6.21. The minimum Gasteiger partial charge on any atom is -0.480 e. The first-order chi connectivity index (χ1) is 12.4. The Morgan fingerprint density at radius 3 is 2.31 bits per heavy atom. The van der Waals surface area contributed by atoms with Crippen LogP contribution in [0.1, 0.15) is 43.5 Å². The van der Waals surface area contributed by atoms with E-state index in [1.807, 2.05) is 19.9 Å². The minimum absolute atomic E-state index is 0.0503. The van der Waals surface area contributed by atoms with Crippen LogP contribution in [-0.2, 0) is 9.59 Å². The number of carboxylic acids is 1. The Hall–Kier alpha value is -2.18. The number of aliphatic carboxylic acids is 1. The van der Waals surface area contributed by atoms with Crippen molar-refractivity contribution in [2.24, 2.45) is 11.3 Å². The van der Waals surface area contributed by atoms with Gasteiger partial charge in [0.25, 0.3) is 0 Å². The van der Waals surface area contributed by atoms with Gasteiger partial charge in [0.05, 0.1) is 0 Å². The van der Waals surface area contributed by atoms with Gasteiger partial charge in [-0.2, -0.15) is 0 Å². The zero-order chi connectivity index (χ0) is 18.5. The third-order valence-corrected chi connectivity index (χ3v) is 6.08. The van der Waals surface area contributed by atoms with Gasteiger partial charge in [-0.15, -0.1) is 0 Å². The molecule has 7 heteroatoms. The third-order valence-electron chi connectivity index (χ3n) is 6.08. The number of carbonyl (C=O) groups is 2. The van der Waals surface area contributed by atoms with Gasteiger partial charge in [-0.25, -0.2) is 14.8 Å². The van der Waals surface area contributed by atoms with Crippen molar-refractivity contribution in [2.45, 2.75) is 52.0 Å². The van der Waals surface area contributed by atoms with Gasteiger partial charge in [0.1, 0.15) is 6.04 Å². The fourth-order valence-electron chi connectivity index (χ4n) is 4.47. The number of nitrogens with zero attached hydrogens (tertiary/aromatic N) is 4. The van der Waals surface area contributed by atoms with Gasteiger partial charge >= 0.3 is 5.97 Å². The van der Waals surface area contributed by atoms with Crippen molar-refractivity contribution in [1.29, 1.82) is 0 Å². The van der Waals surface area contributed by atoms with Crippen molar-refractivity contribution < 1.29 is 14.7 Å². The lowest BCUT2D eigenvalue weighted by Crippen LogP contribution is -2.44. The van der Waals surface area contributed by atoms with Crippen LogP contribution >= 0.6 is 0 Å². The number of amides is 1. The number of hydrogen-bond donors (Lipinski definition) is 1. The van der Waals surface area contributed by atoms with E-state index in [0.29, 0.717) is 13.0 Å². The molecule has 0 radical (unpaired) electrons. The van der Waals surface area contributed by atoms with E-state index in [1.54, 1.807) is 4.90 Å². The summed E-state index contributed by atoms with van der Waals surface area (Å²) in [6, 6.07) is 1.30. The molecule has 3 aliphatic rings. The molecule has 1 spiro atoms. The standard InChI is InChI=1S/C19H26N4O3/c1-12-9-13(2)21-18(20-12)22-7-5-19(6-8-22)10-15(17(25)26)23(11-19)16(24)14-3-4-14/h9,14-15H,3-8,10-11H2,1-2H3,(H,25,26). The molecule has 2 saturated heterocycles. The molecular formula is C19H26N4O3. The number of likely N-dealkylation sites (tertiary alicyclic amines) is 1. The Bertz CT molecular complexity index is 718. The van der Waals surface area contributed by atoms with Crippen LogP contribution in [0.25, 0.3) is 0 Å². The van der Waals surface area contributed by atoms with Crippen molar-refractivity contribution in [3.63, 3.8) is 0 Å². The summed E-state index contributed by atoms with van der Waals surface area (Å²) in [5.41, 5.74) is 1.84. The largest absolute Gasteiger partial charge is 0.480 e. The van der Waals surface area contributed by atoms with Gasteiger partial charge in [0, 0.05) is 36.9 Å². The molecule has 2 aliphatic heterocycles. The first-order valence-corrected chi connectivity index (χ1v) is 9.47. The Labute approximate surface area is 153 Å². The highest BCUT2D eigenvalue weighted by Gasteiger charge is 2.51. The predicted octanol–water partition coefficient (Wildman–Crippen LogP) is 1.78. The molecule has 1 aliphatic carbocycles. The van der Waals surface area contributed by atoms with E-state index in [1.165, 1.54) is 0 Å². The quantitative estimate of drug-likeness (QED) is 0.886. The van der Waals surface area contributed by atoms with Gasteiger partial charge in [-0.1, -0.05) is 0 Å². The summed E-state index contributed by atoms with van der Waals surface area (Å²) in [5.74, 6) is 0.0112. The molecule has 3 fully saturated rings. The van der Waals surface area contributed by atoms with Crippen LogP contribution < -0.4 is 4.90 Å². The van der Waals surface area contributed by atoms with E-state index in [9.17, 15) is 14.7 Å². The summed E-state index contributed by atoms with van der Waals surface area (Å²) < 4.78 is 0. The van der Waals surface area contributed by atoms with Crippen molar-refractivity contribution in [1.82, 2.24) is 14.9 Å². The highest BCUT2D eigenvalue weighted by molar-refractivity contribution is 5.87. The van der Waals surface area contributed by atoms with Crippen molar-refractivity contribution in [3.05, 3.63) is 17.5 Å². The second-order valence-corrected chi connectivity index (χ2v) is 8.24. The molecule has 1 unspecified atom stereocenters. The summed E-state index contributed by atoms with van der Waals surface area (Å²) in [6.45, 7) is 6.14. The smallest absolute Gasteiger partial charge is 0.326 e. The maximum absolute atomic E-state index is 12.5. The van der Waals surface area contributed by atoms with Crippen molar-refractivity contribution >= 4 is 17.8 Å². The molecule has 140 valence electrons. The van der Waals surface area contributed by atoms with Crippen LogP contribution in [0.4, 0.5) is 5.95 Å². The molecule has 0 bridgehead atoms. The highest BCUT2D eigenvalue weighted by atomic mass is 16.4. The maximum Gasteiger partial charge on any atom is 0.326 e. The molecule has 1 atom stereocenters. The molecule has 1 saturated carbocycles. The molecule has 7 nitrogen and oxygen atoms in total. The van der Waals surface area contributed by atoms with Crippen molar-refractivity contribution in [2.75, 3.05) is 24.5 Å². The van der Waals surface area contributed by atoms with Crippen LogP contribution in [0.15, 0.2) is 6.07 Å². The summed E-state index contributed by atoms with van der Waals surface area (Å²) >= 11 is 0. The number of anilines is 1. The minimum atomic E-state index is -0.865. The number of hydrogen-bond acceptors (Lipinski definition) is 5. The fraction of sp³-hybridized carbons (Fsp3) is 0.684. The number of aryl methyl sites for hydroxylation is 2. The summed E-state index contributed by atoms with van der Waals surface area (Å²) in [7, 11) is 0. The summed E-state index contributed by atoms with van der Waals surface area (Å²) in [5, 5.41) is 9.62. The Morgan fingerprint density at radius 1 is 1.15 bits per heavy atom. The van der Waals surface area contributed by atoms with E-state index >= 15 is 0 Å². The first-order valence-electron chi connectivity index (χ1n) is 9.47. The molecule has 1 aromatic heterocycles. The zero-order valence-electron chi connectivity index (χ0n) is 15.4. The molecule has 4 rings (SSSR count). The first kappa shape index (κ1) is 17.2. The molecule has 1 aromatic rings. The normalized spacial score (nSPS) is 24.9. The average Bonchev–Trinajstić information content (AvgIpc) is 3.36. The molecule has 1 amide bonds. The molecular weight excluding hydrogens is 332 g/mol. The summed E-state index contributed by atoms with van der Waals surface area (Å²) in [4.78, 5) is 37.2. The van der Waals surface area contributed by atoms with Gasteiger partial charge < -0.3 is 14.9 Å². The van der Waals surface area contributed by atoms with Crippen LogP contribution in [0, 0.1) is 25.2 Å². The number of carboxylic acid groups (broad SMARTS) is 1. The fourth-order valence-corrected chi connectivity index (χ4v) is 4.47. The van der Waals surface area contributed by atoms with Crippen LogP contribution in [-0.4, -0.2) is 57.5 Å². The Balaban J connectivity index is 1.47.